The molecule has 2 aromatic carbocycles. The molecule has 1 aliphatic heterocycles. The van der Waals surface area contributed by atoms with E-state index < -0.39 is 0 Å². The first-order valence-electron chi connectivity index (χ1n) is 10.9. The summed E-state index contributed by atoms with van der Waals surface area (Å²) in [7, 11) is 4.57. The number of benzene rings is 2. The van der Waals surface area contributed by atoms with E-state index >= 15 is 0 Å². The molecule has 30 heavy (non-hydrogen) atoms. The van der Waals surface area contributed by atoms with Gasteiger partial charge in [-0.1, -0.05) is 36.4 Å². The second-order valence-corrected chi connectivity index (χ2v) is 9.18. The number of nitrogens with zero attached hydrogens (tertiary/aromatic N) is 3. The van der Waals surface area contributed by atoms with Crippen LogP contribution in [-0.2, 0) is 6.67 Å². The van der Waals surface area contributed by atoms with E-state index in [2.05, 4.69) is 75.0 Å². The van der Waals surface area contributed by atoms with Crippen LogP contribution in [0.2, 0.25) is 0 Å². The maximum absolute atomic E-state index is 5.96. The fourth-order valence-electron chi connectivity index (χ4n) is 4.35. The second kappa shape index (κ2) is 8.84. The van der Waals surface area contributed by atoms with Gasteiger partial charge in [0.05, 0.1) is 38.9 Å². The summed E-state index contributed by atoms with van der Waals surface area (Å²) in [5.74, 6) is 0.907. The number of aromatic nitrogens is 3. The van der Waals surface area contributed by atoms with Crippen molar-refractivity contribution < 1.29 is 9.80 Å². The molecule has 6 heteroatoms. The highest BCUT2D eigenvalue weighted by atomic mass is 32.1. The molecule has 4 rings (SSSR count). The summed E-state index contributed by atoms with van der Waals surface area (Å²) in [6, 6.07) is 17.5. The van der Waals surface area contributed by atoms with Crippen molar-refractivity contribution in [2.24, 2.45) is 0 Å². The topological polar surface area (TPSA) is 31.6 Å². The molecular weight excluding hydrogens is 390 g/mol. The van der Waals surface area contributed by atoms with Crippen molar-refractivity contribution in [2.75, 3.05) is 27.2 Å². The van der Waals surface area contributed by atoms with Gasteiger partial charge >= 0.3 is 0 Å². The minimum Gasteiger partial charge on any atom is -0.337 e. The molecule has 0 bridgehead atoms. The molecule has 1 aliphatic rings. The number of aryl methyl sites for hydroxylation is 2. The molecule has 0 radical (unpaired) electrons. The molecule has 1 unspecified atom stereocenters. The van der Waals surface area contributed by atoms with Gasteiger partial charge in [0.1, 0.15) is 0 Å². The maximum Gasteiger partial charge on any atom is 0.207 e. The zero-order valence-electron chi connectivity index (χ0n) is 18.5. The van der Waals surface area contributed by atoms with Crippen LogP contribution in [0.3, 0.4) is 0 Å². The van der Waals surface area contributed by atoms with Crippen LogP contribution in [0.15, 0.2) is 48.5 Å². The highest BCUT2D eigenvalue weighted by molar-refractivity contribution is 7.71. The Morgan fingerprint density at radius 2 is 1.77 bits per heavy atom. The molecule has 3 aromatic rings. The third-order valence-corrected chi connectivity index (χ3v) is 6.95. The molecule has 1 atom stereocenters. The first-order valence-corrected chi connectivity index (χ1v) is 11.3. The Balaban J connectivity index is 1.73. The maximum atomic E-state index is 5.96. The Labute approximate surface area is 184 Å². The summed E-state index contributed by atoms with van der Waals surface area (Å²) in [5, 5.41) is 5.01. The van der Waals surface area contributed by atoms with E-state index in [0.29, 0.717) is 6.04 Å². The van der Waals surface area contributed by atoms with E-state index in [1.807, 2.05) is 10.7 Å². The van der Waals surface area contributed by atoms with E-state index in [9.17, 15) is 0 Å². The Morgan fingerprint density at radius 1 is 1.07 bits per heavy atom. The number of nitrogens with one attached hydrogen (secondary N) is 2. The zero-order chi connectivity index (χ0) is 21.3. The summed E-state index contributed by atoms with van der Waals surface area (Å²) < 4.78 is 4.91. The first kappa shape index (κ1) is 21.0. The third-order valence-electron chi connectivity index (χ3n) is 6.56. The molecule has 2 N–H and O–H groups in total. The molecular formula is C24H33N5S+2. The Morgan fingerprint density at radius 3 is 2.43 bits per heavy atom. The largest absolute Gasteiger partial charge is 0.337 e. The lowest BCUT2D eigenvalue weighted by atomic mass is 10.0. The minimum atomic E-state index is 0.669. The van der Waals surface area contributed by atoms with E-state index in [-0.39, 0.29) is 0 Å². The molecule has 0 saturated carbocycles. The molecule has 0 aliphatic carbocycles. The average molecular weight is 424 g/mol. The van der Waals surface area contributed by atoms with Crippen LogP contribution in [0.25, 0.3) is 17.1 Å². The van der Waals surface area contributed by atoms with Crippen molar-refractivity contribution in [3.63, 3.8) is 0 Å². The molecule has 1 fully saturated rings. The van der Waals surface area contributed by atoms with Gasteiger partial charge in [-0.25, -0.2) is 0 Å². The zero-order valence-corrected chi connectivity index (χ0v) is 19.3. The van der Waals surface area contributed by atoms with E-state index in [0.717, 1.165) is 28.5 Å². The van der Waals surface area contributed by atoms with Gasteiger partial charge in [0.15, 0.2) is 12.5 Å². The number of likely N-dealkylation sites (tertiary alicyclic amines) is 1. The predicted molar refractivity (Wildman–Crippen MR) is 124 cm³/mol. The number of rotatable bonds is 5. The smallest absolute Gasteiger partial charge is 0.207 e. The number of piperidine rings is 1. The van der Waals surface area contributed by atoms with E-state index in [1.165, 1.54) is 42.0 Å². The second-order valence-electron chi connectivity index (χ2n) is 8.81. The highest BCUT2D eigenvalue weighted by Gasteiger charge is 2.27. The predicted octanol–water partition coefficient (Wildman–Crippen LogP) is 1.84. The summed E-state index contributed by atoms with van der Waals surface area (Å²) in [6.07, 6.45) is 2.52. The van der Waals surface area contributed by atoms with Gasteiger partial charge in [0.25, 0.3) is 0 Å². The molecule has 0 amide bonds. The monoisotopic (exact) mass is 423 g/mol. The van der Waals surface area contributed by atoms with Gasteiger partial charge in [-0.05, 0) is 49.3 Å². The average Bonchev–Trinajstić information content (AvgIpc) is 3.07. The van der Waals surface area contributed by atoms with Gasteiger partial charge in [0, 0.05) is 18.4 Å². The van der Waals surface area contributed by atoms with Gasteiger partial charge in [-0.15, -0.1) is 5.10 Å². The first-order chi connectivity index (χ1) is 14.4. The lowest BCUT2D eigenvalue weighted by Gasteiger charge is -2.30. The fourth-order valence-corrected chi connectivity index (χ4v) is 4.65. The fraction of sp³-hybridized carbons (Fsp3) is 0.417. The lowest BCUT2D eigenvalue weighted by Crippen LogP contribution is -3.17. The molecule has 5 nitrogen and oxygen atoms in total. The van der Waals surface area contributed by atoms with Crippen LogP contribution >= 0.6 is 12.2 Å². The van der Waals surface area contributed by atoms with Crippen molar-refractivity contribution in [1.29, 1.82) is 0 Å². The van der Waals surface area contributed by atoms with Crippen molar-refractivity contribution >= 4 is 12.2 Å². The highest BCUT2D eigenvalue weighted by Crippen LogP contribution is 2.23. The molecule has 0 spiro atoms. The van der Waals surface area contributed by atoms with Gasteiger partial charge < -0.3 is 9.80 Å². The van der Waals surface area contributed by atoms with Crippen LogP contribution in [0.5, 0.6) is 0 Å². The molecule has 158 valence electrons. The Hall–Kier alpha value is -2.28. The summed E-state index contributed by atoms with van der Waals surface area (Å²) in [5.41, 5.74) is 4.71. The normalized spacial score (nSPS) is 20.3. The van der Waals surface area contributed by atoms with Crippen molar-refractivity contribution in [3.8, 4) is 17.1 Å². The van der Waals surface area contributed by atoms with Crippen LogP contribution in [0.4, 0.5) is 0 Å². The Bertz CT molecular complexity index is 1060. The van der Waals surface area contributed by atoms with Gasteiger partial charge in [-0.2, -0.15) is 4.68 Å². The van der Waals surface area contributed by atoms with Gasteiger partial charge in [-0.3, -0.25) is 4.57 Å². The van der Waals surface area contributed by atoms with Crippen molar-refractivity contribution in [3.05, 3.63) is 64.4 Å². The van der Waals surface area contributed by atoms with Crippen molar-refractivity contribution in [1.82, 2.24) is 14.3 Å². The SMILES string of the molecule is Cc1ccc(-n2c(-c3ccccc3)nn(C[NH+](C)C3CC[NH+](C)CC3)c2=S)cc1C. The standard InChI is InChI=1S/C24H31N5S/c1-18-10-11-22(16-19(18)2)29-23(20-8-6-5-7-9-20)25-28(24(29)30)17-27(4)21-12-14-26(3)15-13-21/h5-11,16,21H,12-15,17H2,1-4H3/p+2. The minimum absolute atomic E-state index is 0.669. The number of hydrogen-bond donors (Lipinski definition) is 2. The van der Waals surface area contributed by atoms with Gasteiger partial charge in [0.2, 0.25) is 4.77 Å². The van der Waals surface area contributed by atoms with Crippen LogP contribution in [0, 0.1) is 18.6 Å². The molecule has 1 aromatic heterocycles. The lowest BCUT2D eigenvalue weighted by molar-refractivity contribution is -0.954. The number of hydrogen-bond acceptors (Lipinski definition) is 2. The van der Waals surface area contributed by atoms with E-state index in [1.54, 1.807) is 4.90 Å². The summed E-state index contributed by atoms with van der Waals surface area (Å²) in [4.78, 5) is 3.13. The van der Waals surface area contributed by atoms with Crippen LogP contribution < -0.4 is 9.80 Å². The van der Waals surface area contributed by atoms with E-state index in [4.69, 9.17) is 17.3 Å². The van der Waals surface area contributed by atoms with Crippen molar-refractivity contribution in [2.45, 2.75) is 39.4 Å². The third kappa shape index (κ3) is 4.26. The molecule has 2 heterocycles. The quantitative estimate of drug-likeness (QED) is 0.614. The summed E-state index contributed by atoms with van der Waals surface area (Å²) in [6.45, 7) is 7.58. The van der Waals surface area contributed by atoms with Crippen LogP contribution in [0.1, 0.15) is 24.0 Å². The summed E-state index contributed by atoms with van der Waals surface area (Å²) >= 11 is 5.96. The van der Waals surface area contributed by atoms with Crippen LogP contribution in [-0.4, -0.2) is 47.6 Å². The Kier molecular flexibility index (Phi) is 6.18. The molecule has 1 saturated heterocycles. The number of quaternary nitrogens is 2.